The van der Waals surface area contributed by atoms with Crippen LogP contribution in [0.15, 0.2) is 57.9 Å². The molecule has 0 aliphatic carbocycles. The quantitative estimate of drug-likeness (QED) is 0.507. The van der Waals surface area contributed by atoms with Crippen LogP contribution in [0.5, 0.6) is 5.75 Å². The van der Waals surface area contributed by atoms with Crippen LogP contribution in [0, 0.1) is 12.8 Å². The Hall–Kier alpha value is -3.24. The standard InChI is InChI=1S/C24H28N4O5S/c1-17-6-4-5-7-21(17)23-25-22(33-26-23)16-27(2)24(29)18-12-14-28(15-13-18)34(30,31)20-10-8-19(32-3)9-11-20/h4-11,18H,12-16H2,1-3H3. The Kier molecular flexibility index (Phi) is 6.99. The molecular weight excluding hydrogens is 456 g/mol. The second-order valence-electron chi connectivity index (χ2n) is 8.37. The van der Waals surface area contributed by atoms with Crippen LogP contribution in [0.3, 0.4) is 0 Å². The Bertz CT molecular complexity index is 1250. The summed E-state index contributed by atoms with van der Waals surface area (Å²) in [5, 5.41) is 4.04. The highest BCUT2D eigenvalue weighted by atomic mass is 32.2. The largest absolute Gasteiger partial charge is 0.497 e. The maximum absolute atomic E-state index is 13.0. The van der Waals surface area contributed by atoms with Gasteiger partial charge in [-0.2, -0.15) is 9.29 Å². The molecule has 2 heterocycles. The highest BCUT2D eigenvalue weighted by molar-refractivity contribution is 7.89. The fraction of sp³-hybridized carbons (Fsp3) is 0.375. The number of piperidine rings is 1. The first-order valence-corrected chi connectivity index (χ1v) is 12.5. The van der Waals surface area contributed by atoms with Crippen LogP contribution in [0.4, 0.5) is 0 Å². The molecule has 1 aromatic heterocycles. The number of methoxy groups -OCH3 is 1. The van der Waals surface area contributed by atoms with Gasteiger partial charge in [-0.15, -0.1) is 0 Å². The van der Waals surface area contributed by atoms with E-state index in [1.807, 2.05) is 31.2 Å². The SMILES string of the molecule is COc1ccc(S(=O)(=O)N2CCC(C(=O)N(C)Cc3nc(-c4ccccc4C)no3)CC2)cc1. The number of sulfonamides is 1. The summed E-state index contributed by atoms with van der Waals surface area (Å²) in [6, 6.07) is 14.1. The predicted molar refractivity (Wildman–Crippen MR) is 125 cm³/mol. The number of hydrogen-bond donors (Lipinski definition) is 0. The van der Waals surface area contributed by atoms with E-state index in [4.69, 9.17) is 9.26 Å². The molecule has 0 saturated carbocycles. The smallest absolute Gasteiger partial charge is 0.246 e. The number of nitrogens with zero attached hydrogens (tertiary/aromatic N) is 4. The molecule has 1 aliphatic rings. The van der Waals surface area contributed by atoms with Gasteiger partial charge >= 0.3 is 0 Å². The summed E-state index contributed by atoms with van der Waals surface area (Å²) in [7, 11) is -0.386. The van der Waals surface area contributed by atoms with Gasteiger partial charge in [0.25, 0.3) is 0 Å². The molecule has 3 aromatic rings. The maximum Gasteiger partial charge on any atom is 0.246 e. The molecule has 0 bridgehead atoms. The molecule has 9 nitrogen and oxygen atoms in total. The van der Waals surface area contributed by atoms with Crippen molar-refractivity contribution in [2.24, 2.45) is 5.92 Å². The Morgan fingerprint density at radius 1 is 1.15 bits per heavy atom. The zero-order chi connectivity index (χ0) is 24.3. The molecule has 0 spiro atoms. The lowest BCUT2D eigenvalue weighted by molar-refractivity contribution is -0.136. The number of aromatic nitrogens is 2. The van der Waals surface area contributed by atoms with Crippen molar-refractivity contribution in [3.05, 3.63) is 60.0 Å². The van der Waals surface area contributed by atoms with Gasteiger partial charge in [0, 0.05) is 31.6 Å². The molecule has 0 unspecified atom stereocenters. The zero-order valence-corrected chi connectivity index (χ0v) is 20.3. The average Bonchev–Trinajstić information content (AvgIpc) is 3.32. The number of benzene rings is 2. The first-order chi connectivity index (χ1) is 16.3. The molecule has 0 N–H and O–H groups in total. The van der Waals surface area contributed by atoms with E-state index in [1.165, 1.54) is 23.5 Å². The van der Waals surface area contributed by atoms with Gasteiger partial charge in [-0.1, -0.05) is 29.4 Å². The number of amides is 1. The van der Waals surface area contributed by atoms with E-state index in [2.05, 4.69) is 10.1 Å². The molecular formula is C24H28N4O5S. The highest BCUT2D eigenvalue weighted by Gasteiger charge is 2.33. The third-order valence-corrected chi connectivity index (χ3v) is 8.02. The number of carbonyl (C=O) groups is 1. The summed E-state index contributed by atoms with van der Waals surface area (Å²) >= 11 is 0. The third-order valence-electron chi connectivity index (χ3n) is 6.10. The van der Waals surface area contributed by atoms with Crippen molar-refractivity contribution >= 4 is 15.9 Å². The van der Waals surface area contributed by atoms with Crippen LogP contribution in [-0.4, -0.2) is 60.9 Å². The van der Waals surface area contributed by atoms with Crippen LogP contribution in [-0.2, 0) is 21.4 Å². The van der Waals surface area contributed by atoms with Gasteiger partial charge in [-0.25, -0.2) is 8.42 Å². The maximum atomic E-state index is 13.0. The van der Waals surface area contributed by atoms with Crippen molar-refractivity contribution in [2.75, 3.05) is 27.2 Å². The first-order valence-electron chi connectivity index (χ1n) is 11.1. The van der Waals surface area contributed by atoms with Gasteiger partial charge in [0.05, 0.1) is 18.6 Å². The minimum Gasteiger partial charge on any atom is -0.497 e. The molecule has 1 aliphatic heterocycles. The molecule has 1 amide bonds. The Morgan fingerprint density at radius 3 is 2.47 bits per heavy atom. The summed E-state index contributed by atoms with van der Waals surface area (Å²) in [5.41, 5.74) is 1.92. The van der Waals surface area contributed by atoms with Gasteiger partial charge in [-0.3, -0.25) is 4.79 Å². The number of rotatable bonds is 7. The second-order valence-corrected chi connectivity index (χ2v) is 10.3. The summed E-state index contributed by atoms with van der Waals surface area (Å²) in [5.74, 6) is 1.13. The minimum atomic E-state index is -3.61. The van der Waals surface area contributed by atoms with Crippen LogP contribution in [0.2, 0.25) is 0 Å². The van der Waals surface area contributed by atoms with E-state index < -0.39 is 10.0 Å². The van der Waals surface area contributed by atoms with Crippen LogP contribution >= 0.6 is 0 Å². The van der Waals surface area contributed by atoms with Crippen molar-refractivity contribution < 1.29 is 22.5 Å². The van der Waals surface area contributed by atoms with E-state index in [1.54, 1.807) is 24.1 Å². The van der Waals surface area contributed by atoms with Crippen molar-refractivity contribution in [3.63, 3.8) is 0 Å². The Balaban J connectivity index is 1.34. The van der Waals surface area contributed by atoms with Crippen LogP contribution < -0.4 is 4.74 Å². The fourth-order valence-corrected chi connectivity index (χ4v) is 5.55. The predicted octanol–water partition coefficient (Wildman–Crippen LogP) is 3.11. The van der Waals surface area contributed by atoms with Crippen molar-refractivity contribution in [1.82, 2.24) is 19.3 Å². The number of carbonyl (C=O) groups excluding carboxylic acids is 1. The lowest BCUT2D eigenvalue weighted by Gasteiger charge is -2.32. The third kappa shape index (κ3) is 4.97. The molecule has 34 heavy (non-hydrogen) atoms. The van der Waals surface area contributed by atoms with Gasteiger partial charge in [0.1, 0.15) is 5.75 Å². The van der Waals surface area contributed by atoms with E-state index in [-0.39, 0.29) is 36.4 Å². The van der Waals surface area contributed by atoms with Gasteiger partial charge in [0.2, 0.25) is 27.6 Å². The molecule has 4 rings (SSSR count). The summed E-state index contributed by atoms with van der Waals surface area (Å²) < 4.78 is 37.8. The Morgan fingerprint density at radius 2 is 1.82 bits per heavy atom. The molecule has 1 fully saturated rings. The first kappa shape index (κ1) is 23.9. The molecule has 180 valence electrons. The van der Waals surface area contributed by atoms with Crippen molar-refractivity contribution in [2.45, 2.75) is 31.2 Å². The molecule has 2 aromatic carbocycles. The minimum absolute atomic E-state index is 0.0582. The summed E-state index contributed by atoms with van der Waals surface area (Å²) in [6.45, 7) is 2.75. The van der Waals surface area contributed by atoms with E-state index in [0.717, 1.165) is 11.1 Å². The molecule has 1 saturated heterocycles. The van der Waals surface area contributed by atoms with E-state index in [9.17, 15) is 13.2 Å². The lowest BCUT2D eigenvalue weighted by Crippen LogP contribution is -2.43. The fourth-order valence-electron chi connectivity index (χ4n) is 4.08. The normalized spacial score (nSPS) is 15.3. The second kappa shape index (κ2) is 9.94. The molecule has 0 atom stereocenters. The Labute approximate surface area is 199 Å². The van der Waals surface area contributed by atoms with Crippen molar-refractivity contribution in [3.8, 4) is 17.1 Å². The topological polar surface area (TPSA) is 106 Å². The van der Waals surface area contributed by atoms with Crippen LogP contribution in [0.1, 0.15) is 24.3 Å². The van der Waals surface area contributed by atoms with Crippen molar-refractivity contribution in [1.29, 1.82) is 0 Å². The summed E-state index contributed by atoms with van der Waals surface area (Å²) in [4.78, 5) is 19.2. The average molecular weight is 485 g/mol. The highest BCUT2D eigenvalue weighted by Crippen LogP contribution is 2.26. The number of ether oxygens (including phenoxy) is 1. The lowest BCUT2D eigenvalue weighted by atomic mass is 9.97. The van der Waals surface area contributed by atoms with Gasteiger partial charge in [0.15, 0.2) is 0 Å². The molecule has 10 heteroatoms. The summed E-state index contributed by atoms with van der Waals surface area (Å²) in [6.07, 6.45) is 0.910. The van der Waals surface area contributed by atoms with Gasteiger partial charge < -0.3 is 14.2 Å². The monoisotopic (exact) mass is 484 g/mol. The van der Waals surface area contributed by atoms with Gasteiger partial charge in [-0.05, 0) is 49.6 Å². The number of hydrogen-bond acceptors (Lipinski definition) is 7. The molecule has 0 radical (unpaired) electrons. The van der Waals surface area contributed by atoms with E-state index >= 15 is 0 Å². The van der Waals surface area contributed by atoms with E-state index in [0.29, 0.717) is 30.3 Å². The van der Waals surface area contributed by atoms with Crippen LogP contribution in [0.25, 0.3) is 11.4 Å². The number of aryl methyl sites for hydroxylation is 1. The zero-order valence-electron chi connectivity index (χ0n) is 19.5.